The third kappa shape index (κ3) is 6.20. The zero-order chi connectivity index (χ0) is 27.6. The normalized spacial score (nSPS) is 18.3. The fourth-order valence-corrected chi connectivity index (χ4v) is 4.22. The second-order valence-electron chi connectivity index (χ2n) is 9.51. The van der Waals surface area contributed by atoms with Gasteiger partial charge in [-0.3, -0.25) is 9.79 Å². The molecule has 4 rings (SSSR count). The fraction of sp³-hybridized carbons (Fsp3) is 0.310. The van der Waals surface area contributed by atoms with E-state index in [0.29, 0.717) is 16.7 Å². The van der Waals surface area contributed by atoms with Crippen LogP contribution >= 0.6 is 0 Å². The predicted octanol–water partition coefficient (Wildman–Crippen LogP) is 7.67. The topological polar surface area (TPSA) is 47.9 Å². The molecule has 0 bridgehead atoms. The number of hydrogen-bond acceptors (Lipinski definition) is 4. The maximum absolute atomic E-state index is 14.5. The van der Waals surface area contributed by atoms with Crippen molar-refractivity contribution < 1.29 is 36.2 Å². The van der Waals surface area contributed by atoms with Crippen LogP contribution in [0.2, 0.25) is 0 Å². The lowest BCUT2D eigenvalue weighted by molar-refractivity contribution is -0.274. The Labute approximate surface area is 217 Å². The van der Waals surface area contributed by atoms with E-state index in [1.165, 1.54) is 30.3 Å². The van der Waals surface area contributed by atoms with Crippen LogP contribution in [-0.2, 0) is 9.53 Å². The molecule has 0 spiro atoms. The van der Waals surface area contributed by atoms with E-state index in [0.717, 1.165) is 12.1 Å². The Bertz CT molecular complexity index is 1300. The van der Waals surface area contributed by atoms with E-state index >= 15 is 0 Å². The van der Waals surface area contributed by atoms with Crippen LogP contribution in [0.5, 0.6) is 5.75 Å². The SMILES string of the molecule is CC(C)C(C)OC(=O)C1CC(c2c(F)cccc2F)=NC1c1ccc(-c2ccc(OC(F)(F)F)cc2)cc1. The fourth-order valence-electron chi connectivity index (χ4n) is 4.22. The van der Waals surface area contributed by atoms with Crippen LogP contribution in [-0.4, -0.2) is 24.1 Å². The molecule has 0 aromatic heterocycles. The molecule has 0 radical (unpaired) electrons. The highest BCUT2D eigenvalue weighted by atomic mass is 19.4. The van der Waals surface area contributed by atoms with Crippen LogP contribution in [0.15, 0.2) is 71.7 Å². The van der Waals surface area contributed by atoms with Crippen LogP contribution in [0, 0.1) is 23.5 Å². The number of rotatable bonds is 7. The van der Waals surface area contributed by atoms with Gasteiger partial charge in [-0.1, -0.05) is 56.3 Å². The van der Waals surface area contributed by atoms with E-state index in [1.54, 1.807) is 31.2 Å². The average molecular weight is 532 g/mol. The van der Waals surface area contributed by atoms with Crippen molar-refractivity contribution in [2.24, 2.45) is 16.8 Å². The molecule has 0 saturated carbocycles. The van der Waals surface area contributed by atoms with Crippen molar-refractivity contribution in [3.63, 3.8) is 0 Å². The molecule has 0 N–H and O–H groups in total. The van der Waals surface area contributed by atoms with Gasteiger partial charge in [-0.25, -0.2) is 8.78 Å². The van der Waals surface area contributed by atoms with Crippen molar-refractivity contribution in [2.45, 2.75) is 45.7 Å². The maximum Gasteiger partial charge on any atom is 0.573 e. The Morgan fingerprint density at radius 1 is 0.895 bits per heavy atom. The number of hydrogen-bond donors (Lipinski definition) is 0. The first kappa shape index (κ1) is 27.3. The third-order valence-electron chi connectivity index (χ3n) is 6.56. The molecule has 4 nitrogen and oxygen atoms in total. The van der Waals surface area contributed by atoms with Gasteiger partial charge in [0.15, 0.2) is 0 Å². The summed E-state index contributed by atoms with van der Waals surface area (Å²) >= 11 is 0. The van der Waals surface area contributed by atoms with Gasteiger partial charge in [0.25, 0.3) is 0 Å². The molecule has 9 heteroatoms. The maximum atomic E-state index is 14.5. The molecular formula is C29H26F5NO3. The van der Waals surface area contributed by atoms with Crippen LogP contribution in [0.3, 0.4) is 0 Å². The van der Waals surface area contributed by atoms with Crippen LogP contribution in [0.1, 0.15) is 44.4 Å². The molecule has 3 aromatic rings. The third-order valence-corrected chi connectivity index (χ3v) is 6.56. The summed E-state index contributed by atoms with van der Waals surface area (Å²) in [5.74, 6) is -3.06. The Balaban J connectivity index is 1.63. The molecule has 1 aliphatic rings. The van der Waals surface area contributed by atoms with Crippen molar-refractivity contribution >= 4 is 11.7 Å². The predicted molar refractivity (Wildman–Crippen MR) is 133 cm³/mol. The van der Waals surface area contributed by atoms with Crippen molar-refractivity contribution in [3.05, 3.63) is 89.5 Å². The molecule has 3 aromatic carbocycles. The molecule has 38 heavy (non-hydrogen) atoms. The summed E-state index contributed by atoms with van der Waals surface area (Å²) < 4.78 is 75.9. The highest BCUT2D eigenvalue weighted by Crippen LogP contribution is 2.39. The molecule has 200 valence electrons. The van der Waals surface area contributed by atoms with Gasteiger partial charge in [-0.05, 0) is 53.8 Å². The van der Waals surface area contributed by atoms with Crippen molar-refractivity contribution in [2.75, 3.05) is 0 Å². The number of alkyl halides is 3. The smallest absolute Gasteiger partial charge is 0.462 e. The van der Waals surface area contributed by atoms with E-state index in [9.17, 15) is 26.7 Å². The van der Waals surface area contributed by atoms with Gasteiger partial charge in [-0.15, -0.1) is 13.2 Å². The van der Waals surface area contributed by atoms with Gasteiger partial charge in [0.05, 0.1) is 17.5 Å². The summed E-state index contributed by atoms with van der Waals surface area (Å²) in [5, 5.41) is 0. The number of benzene rings is 3. The lowest BCUT2D eigenvalue weighted by Gasteiger charge is -2.22. The summed E-state index contributed by atoms with van der Waals surface area (Å²) in [4.78, 5) is 17.7. The Hall–Kier alpha value is -3.75. The first-order chi connectivity index (χ1) is 17.9. The number of esters is 1. The number of nitrogens with zero attached hydrogens (tertiary/aromatic N) is 1. The standard InChI is InChI=1S/C29H26F5NO3/c1-16(2)17(3)37-28(36)22-15-25(26-23(30)5-4-6-24(26)31)35-27(22)20-9-7-18(8-10-20)19-11-13-21(14-12-19)38-29(32,33)34/h4-14,16-17,22,27H,15H2,1-3H3. The van der Waals surface area contributed by atoms with Gasteiger partial charge in [0.1, 0.15) is 23.5 Å². The molecule has 1 aliphatic heterocycles. The van der Waals surface area contributed by atoms with Gasteiger partial charge < -0.3 is 9.47 Å². The molecule has 0 amide bonds. The first-order valence-corrected chi connectivity index (χ1v) is 12.1. The molecule has 3 atom stereocenters. The van der Waals surface area contributed by atoms with E-state index in [2.05, 4.69) is 9.73 Å². The lowest BCUT2D eigenvalue weighted by atomic mass is 9.90. The Morgan fingerprint density at radius 3 is 1.97 bits per heavy atom. The monoisotopic (exact) mass is 531 g/mol. The quantitative estimate of drug-likeness (QED) is 0.232. The van der Waals surface area contributed by atoms with E-state index in [4.69, 9.17) is 4.74 Å². The highest BCUT2D eigenvalue weighted by molar-refractivity contribution is 6.04. The largest absolute Gasteiger partial charge is 0.573 e. The van der Waals surface area contributed by atoms with Gasteiger partial charge in [-0.2, -0.15) is 0 Å². The Kier molecular flexibility index (Phi) is 7.85. The molecular weight excluding hydrogens is 505 g/mol. The summed E-state index contributed by atoms with van der Waals surface area (Å²) in [7, 11) is 0. The number of halogens is 5. The van der Waals surface area contributed by atoms with E-state index in [-0.39, 0.29) is 35.5 Å². The van der Waals surface area contributed by atoms with Gasteiger partial charge >= 0.3 is 12.3 Å². The zero-order valence-electron chi connectivity index (χ0n) is 20.9. The highest BCUT2D eigenvalue weighted by Gasteiger charge is 2.39. The van der Waals surface area contributed by atoms with Crippen molar-refractivity contribution in [3.8, 4) is 16.9 Å². The number of carbonyl (C=O) groups excluding carboxylic acids is 1. The van der Waals surface area contributed by atoms with Gasteiger partial charge in [0, 0.05) is 12.1 Å². The second kappa shape index (κ2) is 10.9. The average Bonchev–Trinajstić information content (AvgIpc) is 3.28. The van der Waals surface area contributed by atoms with E-state index in [1.807, 2.05) is 13.8 Å². The van der Waals surface area contributed by atoms with Crippen molar-refractivity contribution in [1.82, 2.24) is 0 Å². The molecule has 1 heterocycles. The van der Waals surface area contributed by atoms with Crippen molar-refractivity contribution in [1.29, 1.82) is 0 Å². The minimum Gasteiger partial charge on any atom is -0.462 e. The molecule has 3 unspecified atom stereocenters. The minimum absolute atomic E-state index is 0.00852. The Morgan fingerprint density at radius 2 is 1.45 bits per heavy atom. The summed E-state index contributed by atoms with van der Waals surface area (Å²) in [6.07, 6.45) is -5.13. The minimum atomic E-state index is -4.78. The number of aliphatic imine (C=N–C) groups is 1. The van der Waals surface area contributed by atoms with Crippen LogP contribution in [0.25, 0.3) is 11.1 Å². The van der Waals surface area contributed by atoms with Gasteiger partial charge in [0.2, 0.25) is 0 Å². The number of ether oxygens (including phenoxy) is 2. The molecule has 0 saturated heterocycles. The lowest BCUT2D eigenvalue weighted by Crippen LogP contribution is -2.28. The summed E-state index contributed by atoms with van der Waals surface area (Å²) in [6, 6.07) is 15.2. The second-order valence-corrected chi connectivity index (χ2v) is 9.51. The zero-order valence-corrected chi connectivity index (χ0v) is 20.9. The summed E-state index contributed by atoms with van der Waals surface area (Å²) in [5.41, 5.74) is 1.88. The number of carbonyl (C=O) groups is 1. The molecule has 0 fully saturated rings. The van der Waals surface area contributed by atoms with E-state index < -0.39 is 35.9 Å². The molecule has 0 aliphatic carbocycles. The van der Waals surface area contributed by atoms with Crippen LogP contribution in [0.4, 0.5) is 22.0 Å². The first-order valence-electron chi connectivity index (χ1n) is 12.1. The summed E-state index contributed by atoms with van der Waals surface area (Å²) in [6.45, 7) is 5.62. The van der Waals surface area contributed by atoms with Crippen LogP contribution < -0.4 is 4.74 Å².